The molecule has 2 amide bonds. The number of nitrogens with zero attached hydrogens (tertiary/aromatic N) is 2. The Hall–Kier alpha value is -2.98. The smallest absolute Gasteiger partial charge is 0.235 e. The van der Waals surface area contributed by atoms with Gasteiger partial charge in [0.1, 0.15) is 32.3 Å². The predicted octanol–water partition coefficient (Wildman–Crippen LogP) is 1.78. The fraction of sp³-hybridized carbons (Fsp3) is 0.516. The Labute approximate surface area is 272 Å². The zero-order valence-corrected chi connectivity index (χ0v) is 26.9. The third kappa shape index (κ3) is 7.71. The van der Waals surface area contributed by atoms with E-state index in [1.807, 2.05) is 33.8 Å². The van der Waals surface area contributed by atoms with Crippen molar-refractivity contribution in [3.8, 4) is 5.75 Å². The molecule has 8 nitrogen and oxygen atoms in total. The number of carbonyl (C=O) groups is 3. The summed E-state index contributed by atoms with van der Waals surface area (Å²) in [4.78, 5) is 40.2. The molecule has 0 spiro atoms. The summed E-state index contributed by atoms with van der Waals surface area (Å²) >= 11 is 0. The van der Waals surface area contributed by atoms with Crippen LogP contribution in [0.1, 0.15) is 49.9 Å². The second-order valence-corrected chi connectivity index (χ2v) is 13.0. The van der Waals surface area contributed by atoms with Crippen LogP contribution < -0.4 is 10.1 Å². The van der Waals surface area contributed by atoms with E-state index in [9.17, 15) is 14.4 Å². The van der Waals surface area contributed by atoms with Gasteiger partial charge in [-0.05, 0) is 57.9 Å². The maximum Gasteiger partial charge on any atom is 0.235 e. The molecule has 3 rings (SSSR count). The van der Waals surface area contributed by atoms with Crippen molar-refractivity contribution in [1.29, 1.82) is 0 Å². The fourth-order valence-electron chi connectivity index (χ4n) is 5.88. The van der Waals surface area contributed by atoms with Crippen molar-refractivity contribution in [3.05, 3.63) is 64.5 Å². The number of amides is 2. The Morgan fingerprint density at radius 2 is 1.71 bits per heavy atom. The Balaban J connectivity index is 1.85. The molecule has 1 N–H and O–H groups in total. The Bertz CT molecular complexity index is 1410. The highest BCUT2D eigenvalue weighted by Gasteiger charge is 2.55. The van der Waals surface area contributed by atoms with Crippen LogP contribution in [-0.2, 0) is 38.8 Å². The predicted molar refractivity (Wildman–Crippen MR) is 175 cm³/mol. The Morgan fingerprint density at radius 3 is 2.24 bits per heavy atom. The summed E-state index contributed by atoms with van der Waals surface area (Å²) in [6.07, 6.45) is 0.293. The number of morpholine rings is 1. The van der Waals surface area contributed by atoms with E-state index in [4.69, 9.17) is 48.7 Å². The molecule has 1 aliphatic rings. The van der Waals surface area contributed by atoms with Crippen LogP contribution in [0.3, 0.4) is 0 Å². The highest BCUT2D eigenvalue weighted by Crippen LogP contribution is 2.50. The number of hydrogen-bond acceptors (Lipinski definition) is 6. The molecule has 2 aromatic rings. The molecule has 0 saturated carbocycles. The lowest BCUT2D eigenvalue weighted by atomic mass is 9.23. The lowest BCUT2D eigenvalue weighted by molar-refractivity contribution is -0.182. The van der Waals surface area contributed by atoms with Crippen LogP contribution in [0.25, 0.3) is 0 Å². The van der Waals surface area contributed by atoms with Crippen LogP contribution >= 0.6 is 0 Å². The van der Waals surface area contributed by atoms with Crippen LogP contribution in [0.2, 0.25) is 10.4 Å². The summed E-state index contributed by atoms with van der Waals surface area (Å²) in [5.74, 6) is -1.18. The summed E-state index contributed by atoms with van der Waals surface area (Å²) in [6.45, 7) is 11.4. The minimum Gasteiger partial charge on any atom is -0.488 e. The molecule has 228 valence electrons. The Kier molecular flexibility index (Phi) is 10.9. The number of ether oxygens (including phenoxy) is 2. The summed E-state index contributed by atoms with van der Waals surface area (Å²) in [5.41, 5.74) is -1.07. The highest BCUT2D eigenvalue weighted by atomic mass is 19.1. The minimum absolute atomic E-state index is 0.0468. The van der Waals surface area contributed by atoms with Crippen molar-refractivity contribution in [3.63, 3.8) is 0 Å². The summed E-state index contributed by atoms with van der Waals surface area (Å²) in [6, 6.07) is 10.1. The lowest BCUT2D eigenvalue weighted by Gasteiger charge is -2.56. The first-order valence-corrected chi connectivity index (χ1v) is 14.5. The number of aryl methyl sites for hydroxylation is 1. The number of aldehydes is 1. The maximum absolute atomic E-state index is 15.3. The van der Waals surface area contributed by atoms with Crippen LogP contribution in [0, 0.1) is 12.7 Å². The molecule has 0 aliphatic carbocycles. The molecule has 0 bridgehead atoms. The molecule has 0 aromatic heterocycles. The SMILES string of the molecule is [B]C([B])(C=O)C([B])([B])C([B])(C(=O)NC)N(C=O)Cc1c(C)cccc1OCc1ccc(CN2CC(C)(C)OC(C)(C)C2)cc1F. The minimum atomic E-state index is -2.63. The first kappa shape index (κ1) is 36.5. The second kappa shape index (κ2) is 13.4. The molecule has 1 atom stereocenters. The molecule has 1 saturated heterocycles. The summed E-state index contributed by atoms with van der Waals surface area (Å²) in [7, 11) is 31.6. The second-order valence-electron chi connectivity index (χ2n) is 13.0. The normalized spacial score (nSPS) is 17.9. The van der Waals surface area contributed by atoms with Crippen LogP contribution in [0.15, 0.2) is 36.4 Å². The summed E-state index contributed by atoms with van der Waals surface area (Å²) < 4.78 is 27.5. The van der Waals surface area contributed by atoms with Crippen molar-refractivity contribution in [1.82, 2.24) is 15.1 Å². The van der Waals surface area contributed by atoms with E-state index in [-0.39, 0.29) is 42.8 Å². The third-order valence-corrected chi connectivity index (χ3v) is 8.06. The monoisotopic (exact) mass is 605 g/mol. The van der Waals surface area contributed by atoms with Gasteiger partial charge in [0.2, 0.25) is 12.3 Å². The van der Waals surface area contributed by atoms with Gasteiger partial charge in [0.15, 0.2) is 0 Å². The van der Waals surface area contributed by atoms with Gasteiger partial charge in [0, 0.05) is 44.4 Å². The van der Waals surface area contributed by atoms with Gasteiger partial charge in [0.05, 0.1) is 48.0 Å². The fourth-order valence-corrected chi connectivity index (χ4v) is 5.88. The zero-order valence-electron chi connectivity index (χ0n) is 26.9. The van der Waals surface area contributed by atoms with Gasteiger partial charge in [-0.15, -0.1) is 0 Å². The van der Waals surface area contributed by atoms with E-state index < -0.39 is 27.6 Å². The molecule has 1 unspecified atom stereocenters. The number of hydrogen-bond donors (Lipinski definition) is 1. The van der Waals surface area contributed by atoms with Gasteiger partial charge >= 0.3 is 0 Å². The van der Waals surface area contributed by atoms with E-state index in [2.05, 4.69) is 10.2 Å². The molecule has 1 aliphatic heterocycles. The molecular formula is C31H37B5FN3O5. The van der Waals surface area contributed by atoms with Crippen molar-refractivity contribution in [2.75, 3.05) is 20.1 Å². The number of benzene rings is 2. The number of halogens is 1. The zero-order chi connectivity index (χ0) is 34.0. The first-order chi connectivity index (χ1) is 20.7. The number of nitrogens with one attached hydrogen (secondary N) is 1. The van der Waals surface area contributed by atoms with Gasteiger partial charge in [-0.1, -0.05) is 34.7 Å². The number of carbonyl (C=O) groups excluding carboxylic acids is 3. The average molecular weight is 605 g/mol. The molecular weight excluding hydrogens is 567 g/mol. The van der Waals surface area contributed by atoms with Gasteiger partial charge in [-0.3, -0.25) is 14.5 Å². The quantitative estimate of drug-likeness (QED) is 0.277. The first-order valence-electron chi connectivity index (χ1n) is 14.5. The van der Waals surface area contributed by atoms with E-state index in [1.54, 1.807) is 31.2 Å². The van der Waals surface area contributed by atoms with Gasteiger partial charge in [-0.25, -0.2) is 4.39 Å². The van der Waals surface area contributed by atoms with E-state index in [0.29, 0.717) is 36.3 Å². The molecule has 1 heterocycles. The Morgan fingerprint density at radius 1 is 1.09 bits per heavy atom. The number of likely N-dealkylation sites (N-methyl/N-ethyl adjacent to an activating group) is 1. The van der Waals surface area contributed by atoms with Crippen molar-refractivity contribution >= 4 is 57.8 Å². The van der Waals surface area contributed by atoms with Crippen molar-refractivity contribution in [2.24, 2.45) is 0 Å². The molecule has 14 heteroatoms. The molecule has 2 aromatic carbocycles. The van der Waals surface area contributed by atoms with Gasteiger partial charge in [0.25, 0.3) is 0 Å². The number of rotatable bonds is 13. The standard InChI is InChI=1S/C31H37B5FN3O5/c1-20-8-7-9-25(23(20)14-40(19-42)30(34,26(43)38-6)31(35,36)29(32,33)18-41)44-15-22-11-10-21(12-24(22)37)13-39-16-27(2,3)45-28(4,5)17-39/h7-12,18-19H,13-17H2,1-6H3,(H,38,43). The average Bonchev–Trinajstić information content (AvgIpc) is 2.93. The molecule has 10 radical (unpaired) electrons. The third-order valence-electron chi connectivity index (χ3n) is 8.06. The van der Waals surface area contributed by atoms with Crippen molar-refractivity contribution in [2.45, 2.75) is 81.4 Å². The maximum atomic E-state index is 15.3. The summed E-state index contributed by atoms with van der Waals surface area (Å²) in [5, 5.41) is -2.86. The molecule has 1 fully saturated rings. The van der Waals surface area contributed by atoms with Crippen LogP contribution in [-0.4, -0.2) is 104 Å². The largest absolute Gasteiger partial charge is 0.488 e. The highest BCUT2D eigenvalue weighted by molar-refractivity contribution is 6.63. The van der Waals surface area contributed by atoms with Crippen LogP contribution in [0.4, 0.5) is 4.39 Å². The van der Waals surface area contributed by atoms with Crippen molar-refractivity contribution < 1.29 is 28.2 Å². The van der Waals surface area contributed by atoms with E-state index in [0.717, 1.165) is 10.5 Å². The van der Waals surface area contributed by atoms with Gasteiger partial charge < -0.3 is 24.5 Å². The lowest BCUT2D eigenvalue weighted by Crippen LogP contribution is -2.68. The van der Waals surface area contributed by atoms with Crippen LogP contribution in [0.5, 0.6) is 5.75 Å². The van der Waals surface area contributed by atoms with E-state index >= 15 is 4.39 Å². The van der Waals surface area contributed by atoms with E-state index in [1.165, 1.54) is 13.1 Å². The van der Waals surface area contributed by atoms with Gasteiger partial charge in [-0.2, -0.15) is 0 Å². The topological polar surface area (TPSA) is 88.2 Å². The molecule has 45 heavy (non-hydrogen) atoms.